The Morgan fingerprint density at radius 2 is 1.65 bits per heavy atom. The average Bonchev–Trinajstić information content (AvgIpc) is 2.56. The topological polar surface area (TPSA) is 39.7 Å². The molecule has 0 spiro atoms. The smallest absolute Gasteiger partial charge is 0.174 e. The average molecular weight is 380 g/mol. The number of methoxy groups -OCH3 is 2. The third-order valence-electron chi connectivity index (χ3n) is 3.39. The molecular weight excluding hydrogens is 358 g/mol. The van der Waals surface area contributed by atoms with Crippen molar-refractivity contribution in [2.45, 2.75) is 20.0 Å². The molecule has 2 aromatic rings. The predicted octanol–water partition coefficient (Wildman–Crippen LogP) is 4.15. The molecule has 0 radical (unpaired) electrons. The van der Waals surface area contributed by atoms with E-state index in [1.54, 1.807) is 14.2 Å². The molecular formula is C18H22BrNO3. The van der Waals surface area contributed by atoms with E-state index < -0.39 is 0 Å². The molecule has 2 rings (SSSR count). The van der Waals surface area contributed by atoms with Gasteiger partial charge in [0.1, 0.15) is 5.75 Å². The first-order chi connectivity index (χ1) is 11.2. The van der Waals surface area contributed by atoms with Gasteiger partial charge in [0.25, 0.3) is 0 Å². The van der Waals surface area contributed by atoms with Crippen molar-refractivity contribution in [2.24, 2.45) is 0 Å². The first-order valence-corrected chi connectivity index (χ1v) is 8.30. The second-order valence-corrected chi connectivity index (χ2v) is 5.85. The van der Waals surface area contributed by atoms with E-state index in [4.69, 9.17) is 14.2 Å². The molecule has 0 bridgehead atoms. The highest BCUT2D eigenvalue weighted by Crippen LogP contribution is 2.36. The monoisotopic (exact) mass is 379 g/mol. The molecule has 1 N–H and O–H groups in total. The zero-order chi connectivity index (χ0) is 16.7. The number of benzene rings is 2. The molecule has 0 saturated carbocycles. The van der Waals surface area contributed by atoms with Gasteiger partial charge >= 0.3 is 0 Å². The lowest BCUT2D eigenvalue weighted by Crippen LogP contribution is -2.13. The maximum Gasteiger partial charge on any atom is 0.174 e. The van der Waals surface area contributed by atoms with Crippen LogP contribution < -0.4 is 19.5 Å². The Hall–Kier alpha value is -1.72. The highest BCUT2D eigenvalue weighted by molar-refractivity contribution is 9.10. The molecule has 0 saturated heterocycles. The van der Waals surface area contributed by atoms with Gasteiger partial charge in [0, 0.05) is 13.1 Å². The number of halogens is 1. The maximum atomic E-state index is 5.64. The fourth-order valence-electron chi connectivity index (χ4n) is 2.28. The molecule has 0 atom stereocenters. The lowest BCUT2D eigenvalue weighted by atomic mass is 10.2. The van der Waals surface area contributed by atoms with E-state index in [2.05, 4.69) is 33.4 Å². The summed E-state index contributed by atoms with van der Waals surface area (Å²) in [6, 6.07) is 12.1. The SMILES string of the molecule is CCOc1cc(CNCc2ccc(OC)cc2)cc(Br)c1OC. The zero-order valence-corrected chi connectivity index (χ0v) is 15.3. The first-order valence-electron chi connectivity index (χ1n) is 7.50. The van der Waals surface area contributed by atoms with Crippen molar-refractivity contribution in [1.29, 1.82) is 0 Å². The van der Waals surface area contributed by atoms with Crippen LogP contribution in [0.1, 0.15) is 18.1 Å². The van der Waals surface area contributed by atoms with Gasteiger partial charge in [-0.2, -0.15) is 0 Å². The summed E-state index contributed by atoms with van der Waals surface area (Å²) in [7, 11) is 3.31. The minimum atomic E-state index is 0.603. The number of ether oxygens (including phenoxy) is 3. The van der Waals surface area contributed by atoms with Crippen LogP contribution in [-0.4, -0.2) is 20.8 Å². The van der Waals surface area contributed by atoms with Crippen molar-refractivity contribution >= 4 is 15.9 Å². The molecule has 0 heterocycles. The summed E-state index contributed by atoms with van der Waals surface area (Å²) in [5.74, 6) is 2.35. The molecule has 2 aromatic carbocycles. The summed E-state index contributed by atoms with van der Waals surface area (Å²) in [6.07, 6.45) is 0. The summed E-state index contributed by atoms with van der Waals surface area (Å²) < 4.78 is 17.1. The van der Waals surface area contributed by atoms with Crippen molar-refractivity contribution in [3.05, 3.63) is 52.0 Å². The quantitative estimate of drug-likeness (QED) is 0.747. The van der Waals surface area contributed by atoms with E-state index in [1.165, 1.54) is 5.56 Å². The number of rotatable bonds is 8. The summed E-state index contributed by atoms with van der Waals surface area (Å²) in [4.78, 5) is 0. The van der Waals surface area contributed by atoms with Gasteiger partial charge in [-0.3, -0.25) is 0 Å². The standard InChI is InChI=1S/C18H22BrNO3/c1-4-23-17-10-14(9-16(19)18(17)22-3)12-20-11-13-5-7-15(21-2)8-6-13/h5-10,20H,4,11-12H2,1-3H3. The molecule has 0 aliphatic heterocycles. The van der Waals surface area contributed by atoms with Crippen LogP contribution in [-0.2, 0) is 13.1 Å². The van der Waals surface area contributed by atoms with Crippen LogP contribution in [0.3, 0.4) is 0 Å². The molecule has 4 nitrogen and oxygen atoms in total. The van der Waals surface area contributed by atoms with Crippen LogP contribution in [0.15, 0.2) is 40.9 Å². The van der Waals surface area contributed by atoms with Crippen molar-refractivity contribution in [3.63, 3.8) is 0 Å². The first kappa shape index (κ1) is 17.6. The van der Waals surface area contributed by atoms with E-state index >= 15 is 0 Å². The Morgan fingerprint density at radius 1 is 0.957 bits per heavy atom. The summed E-state index contributed by atoms with van der Waals surface area (Å²) in [5.41, 5.74) is 2.35. The number of nitrogens with one attached hydrogen (secondary N) is 1. The molecule has 0 aliphatic rings. The van der Waals surface area contributed by atoms with Crippen molar-refractivity contribution in [3.8, 4) is 17.2 Å². The Kier molecular flexibility index (Phi) is 6.74. The van der Waals surface area contributed by atoms with E-state index in [0.29, 0.717) is 6.61 Å². The summed E-state index contributed by atoms with van der Waals surface area (Å²) >= 11 is 3.53. The molecule has 0 unspecified atom stereocenters. The highest BCUT2D eigenvalue weighted by atomic mass is 79.9. The minimum Gasteiger partial charge on any atom is -0.497 e. The normalized spacial score (nSPS) is 10.4. The van der Waals surface area contributed by atoms with Gasteiger partial charge in [0.2, 0.25) is 0 Å². The van der Waals surface area contributed by atoms with Gasteiger partial charge in [0.15, 0.2) is 11.5 Å². The van der Waals surface area contributed by atoms with Crippen LogP contribution in [0.25, 0.3) is 0 Å². The van der Waals surface area contributed by atoms with E-state index in [-0.39, 0.29) is 0 Å². The largest absolute Gasteiger partial charge is 0.497 e. The molecule has 124 valence electrons. The summed E-state index contributed by atoms with van der Waals surface area (Å²) in [6.45, 7) is 4.10. The molecule has 23 heavy (non-hydrogen) atoms. The fourth-order valence-corrected chi connectivity index (χ4v) is 2.93. The third kappa shape index (κ3) is 4.88. The number of hydrogen-bond donors (Lipinski definition) is 1. The van der Waals surface area contributed by atoms with Crippen molar-refractivity contribution in [1.82, 2.24) is 5.32 Å². The molecule has 5 heteroatoms. The van der Waals surface area contributed by atoms with Gasteiger partial charge < -0.3 is 19.5 Å². The van der Waals surface area contributed by atoms with Crippen molar-refractivity contribution in [2.75, 3.05) is 20.8 Å². The molecule has 0 fully saturated rings. The second-order valence-electron chi connectivity index (χ2n) is 4.99. The van der Waals surface area contributed by atoms with Gasteiger partial charge in [0.05, 0.1) is 25.3 Å². The van der Waals surface area contributed by atoms with Crippen LogP contribution in [0.2, 0.25) is 0 Å². The Morgan fingerprint density at radius 3 is 2.26 bits per heavy atom. The third-order valence-corrected chi connectivity index (χ3v) is 3.98. The number of hydrogen-bond acceptors (Lipinski definition) is 4. The van der Waals surface area contributed by atoms with E-state index in [0.717, 1.165) is 40.4 Å². The van der Waals surface area contributed by atoms with Crippen LogP contribution in [0.4, 0.5) is 0 Å². The van der Waals surface area contributed by atoms with Crippen LogP contribution >= 0.6 is 15.9 Å². The van der Waals surface area contributed by atoms with Gasteiger partial charge in [-0.1, -0.05) is 12.1 Å². The van der Waals surface area contributed by atoms with Gasteiger partial charge in [-0.15, -0.1) is 0 Å². The van der Waals surface area contributed by atoms with E-state index in [9.17, 15) is 0 Å². The van der Waals surface area contributed by atoms with E-state index in [1.807, 2.05) is 31.2 Å². The molecule has 0 amide bonds. The lowest BCUT2D eigenvalue weighted by Gasteiger charge is -2.14. The Balaban J connectivity index is 1.99. The van der Waals surface area contributed by atoms with Crippen molar-refractivity contribution < 1.29 is 14.2 Å². The van der Waals surface area contributed by atoms with Gasteiger partial charge in [-0.25, -0.2) is 0 Å². The summed E-state index contributed by atoms with van der Waals surface area (Å²) in [5, 5.41) is 3.43. The fraction of sp³-hybridized carbons (Fsp3) is 0.333. The van der Waals surface area contributed by atoms with Crippen LogP contribution in [0.5, 0.6) is 17.2 Å². The molecule has 0 aromatic heterocycles. The maximum absolute atomic E-state index is 5.64. The minimum absolute atomic E-state index is 0.603. The van der Waals surface area contributed by atoms with Gasteiger partial charge in [-0.05, 0) is 58.2 Å². The lowest BCUT2D eigenvalue weighted by molar-refractivity contribution is 0.309. The van der Waals surface area contributed by atoms with Crippen LogP contribution in [0, 0.1) is 0 Å². The highest BCUT2D eigenvalue weighted by Gasteiger charge is 2.11. The predicted molar refractivity (Wildman–Crippen MR) is 95.4 cm³/mol. The zero-order valence-electron chi connectivity index (χ0n) is 13.7. The Labute approximate surface area is 145 Å². The second kappa shape index (κ2) is 8.79. The molecule has 0 aliphatic carbocycles. The Bertz CT molecular complexity index is 629.